The molecule has 0 bridgehead atoms. The van der Waals surface area contributed by atoms with E-state index in [1.54, 1.807) is 18.2 Å². The van der Waals surface area contributed by atoms with Crippen molar-refractivity contribution in [1.82, 2.24) is 0 Å². The first-order valence-corrected chi connectivity index (χ1v) is 7.25. The van der Waals surface area contributed by atoms with Gasteiger partial charge in [-0.1, -0.05) is 30.3 Å². The van der Waals surface area contributed by atoms with Crippen molar-refractivity contribution in [3.05, 3.63) is 74.7 Å². The lowest BCUT2D eigenvalue weighted by molar-refractivity contribution is -0.129. The molecule has 3 rings (SSSR count). The summed E-state index contributed by atoms with van der Waals surface area (Å²) in [7, 11) is 0. The maximum atomic E-state index is 13.7. The van der Waals surface area contributed by atoms with Gasteiger partial charge in [-0.2, -0.15) is 0 Å². The van der Waals surface area contributed by atoms with Crippen molar-refractivity contribution in [2.24, 2.45) is 4.99 Å². The van der Waals surface area contributed by atoms with Crippen molar-refractivity contribution in [3.8, 4) is 0 Å². The predicted octanol–water partition coefficient (Wildman–Crippen LogP) is 3.77. The van der Waals surface area contributed by atoms with Crippen LogP contribution in [0, 0.1) is 9.39 Å². The van der Waals surface area contributed by atoms with E-state index in [-0.39, 0.29) is 17.2 Å². The number of nitrogens with zero attached hydrogens (tertiary/aromatic N) is 1. The summed E-state index contributed by atoms with van der Waals surface area (Å²) >= 11 is 2.17. The predicted molar refractivity (Wildman–Crippen MR) is 86.2 cm³/mol. The Balaban J connectivity index is 2.00. The van der Waals surface area contributed by atoms with E-state index in [9.17, 15) is 9.18 Å². The molecule has 5 heteroatoms. The van der Waals surface area contributed by atoms with Crippen LogP contribution in [-0.4, -0.2) is 11.9 Å². The Morgan fingerprint density at radius 2 is 1.81 bits per heavy atom. The van der Waals surface area contributed by atoms with Crippen molar-refractivity contribution in [1.29, 1.82) is 0 Å². The Hall–Kier alpha value is -2.02. The van der Waals surface area contributed by atoms with E-state index >= 15 is 0 Å². The van der Waals surface area contributed by atoms with E-state index < -0.39 is 11.8 Å². The van der Waals surface area contributed by atoms with Gasteiger partial charge in [0.1, 0.15) is 5.82 Å². The highest BCUT2D eigenvalue weighted by Gasteiger charge is 2.25. The smallest absolute Gasteiger partial charge is 0.363 e. The standard InChI is InChI=1S/C16H9FINO2/c17-12-7-3-2-6-11(12)15-19-14(16(20)21-15)9-10-5-1-4-8-13(10)18/h1-9H. The van der Waals surface area contributed by atoms with Gasteiger partial charge in [0.15, 0.2) is 5.70 Å². The lowest BCUT2D eigenvalue weighted by Gasteiger charge is -1.99. The molecule has 0 aromatic heterocycles. The third kappa shape index (κ3) is 2.87. The molecule has 0 N–H and O–H groups in total. The normalized spacial score (nSPS) is 16.0. The largest absolute Gasteiger partial charge is 0.402 e. The Morgan fingerprint density at radius 3 is 2.57 bits per heavy atom. The molecule has 0 atom stereocenters. The van der Waals surface area contributed by atoms with Crippen molar-refractivity contribution >= 4 is 40.5 Å². The quantitative estimate of drug-likeness (QED) is 0.443. The zero-order chi connectivity index (χ0) is 14.8. The Bertz CT molecular complexity index is 783. The fourth-order valence-corrected chi connectivity index (χ4v) is 2.44. The minimum atomic E-state index is -0.576. The molecule has 0 fully saturated rings. The monoisotopic (exact) mass is 393 g/mol. The van der Waals surface area contributed by atoms with Crippen LogP contribution in [0.3, 0.4) is 0 Å². The number of esters is 1. The van der Waals surface area contributed by atoms with Crippen LogP contribution in [0.1, 0.15) is 11.1 Å². The summed E-state index contributed by atoms with van der Waals surface area (Å²) in [5, 5.41) is 0. The number of halogens is 2. The van der Waals surface area contributed by atoms with E-state index in [2.05, 4.69) is 27.6 Å². The van der Waals surface area contributed by atoms with E-state index in [1.165, 1.54) is 12.1 Å². The molecule has 2 aromatic rings. The van der Waals surface area contributed by atoms with Gasteiger partial charge in [-0.05, 0) is 52.4 Å². The summed E-state index contributed by atoms with van der Waals surface area (Å²) in [5.41, 5.74) is 1.21. The molecule has 3 nitrogen and oxygen atoms in total. The fourth-order valence-electron chi connectivity index (χ4n) is 1.90. The summed E-state index contributed by atoms with van der Waals surface area (Å²) in [5.74, 6) is -1.05. The first-order chi connectivity index (χ1) is 10.1. The molecular weight excluding hydrogens is 384 g/mol. The third-order valence-electron chi connectivity index (χ3n) is 2.92. The van der Waals surface area contributed by atoms with E-state index in [0.29, 0.717) is 0 Å². The van der Waals surface area contributed by atoms with Gasteiger partial charge in [0.2, 0.25) is 5.90 Å². The lowest BCUT2D eigenvalue weighted by atomic mass is 10.2. The molecular formula is C16H9FINO2. The average Bonchev–Trinajstić information content (AvgIpc) is 2.83. The number of aliphatic imine (C=N–C) groups is 1. The molecule has 0 unspecified atom stereocenters. The van der Waals surface area contributed by atoms with E-state index in [4.69, 9.17) is 4.74 Å². The van der Waals surface area contributed by atoms with Crippen LogP contribution in [0.15, 0.2) is 59.2 Å². The maximum absolute atomic E-state index is 13.7. The molecule has 104 valence electrons. The van der Waals surface area contributed by atoms with Gasteiger partial charge in [-0.15, -0.1) is 0 Å². The number of carbonyl (C=O) groups excluding carboxylic acids is 1. The summed E-state index contributed by atoms with van der Waals surface area (Å²) < 4.78 is 19.7. The molecule has 0 spiro atoms. The van der Waals surface area contributed by atoms with Crippen LogP contribution in [0.5, 0.6) is 0 Å². The SMILES string of the molecule is O=C1OC(c2ccccc2F)=NC1=Cc1ccccc1I. The van der Waals surface area contributed by atoms with Crippen LogP contribution >= 0.6 is 22.6 Å². The summed E-state index contributed by atoms with van der Waals surface area (Å²) in [6.07, 6.45) is 1.64. The molecule has 1 aliphatic heterocycles. The number of cyclic esters (lactones) is 1. The topological polar surface area (TPSA) is 38.7 Å². The van der Waals surface area contributed by atoms with Crippen molar-refractivity contribution < 1.29 is 13.9 Å². The highest BCUT2D eigenvalue weighted by molar-refractivity contribution is 14.1. The minimum absolute atomic E-state index is 0.00436. The summed E-state index contributed by atoms with van der Waals surface area (Å²) in [6, 6.07) is 13.6. The van der Waals surface area contributed by atoms with Gasteiger partial charge in [0.05, 0.1) is 5.56 Å². The second kappa shape index (κ2) is 5.77. The van der Waals surface area contributed by atoms with Gasteiger partial charge < -0.3 is 4.74 Å². The summed E-state index contributed by atoms with van der Waals surface area (Å²) in [6.45, 7) is 0. The van der Waals surface area contributed by atoms with Gasteiger partial charge in [0, 0.05) is 3.57 Å². The number of hydrogen-bond acceptors (Lipinski definition) is 3. The van der Waals surface area contributed by atoms with Crippen molar-refractivity contribution in [2.45, 2.75) is 0 Å². The molecule has 2 aromatic carbocycles. The number of ether oxygens (including phenoxy) is 1. The van der Waals surface area contributed by atoms with Crippen LogP contribution in [-0.2, 0) is 9.53 Å². The molecule has 0 aliphatic carbocycles. The molecule has 0 saturated heterocycles. The van der Waals surface area contributed by atoms with E-state index in [0.717, 1.165) is 9.13 Å². The first-order valence-electron chi connectivity index (χ1n) is 6.17. The second-order valence-electron chi connectivity index (χ2n) is 4.34. The molecule has 1 heterocycles. The van der Waals surface area contributed by atoms with E-state index in [1.807, 2.05) is 24.3 Å². The average molecular weight is 393 g/mol. The Kier molecular flexibility index (Phi) is 3.83. The van der Waals surface area contributed by atoms with Gasteiger partial charge in [-0.25, -0.2) is 14.2 Å². The van der Waals surface area contributed by atoms with Crippen LogP contribution in [0.25, 0.3) is 6.08 Å². The second-order valence-corrected chi connectivity index (χ2v) is 5.50. The van der Waals surface area contributed by atoms with Crippen molar-refractivity contribution in [2.75, 3.05) is 0 Å². The first kappa shape index (κ1) is 13.9. The fraction of sp³-hybridized carbons (Fsp3) is 0. The molecule has 1 aliphatic rings. The number of benzene rings is 2. The molecule has 21 heavy (non-hydrogen) atoms. The summed E-state index contributed by atoms with van der Waals surface area (Å²) in [4.78, 5) is 16.0. The molecule has 0 saturated carbocycles. The molecule has 0 radical (unpaired) electrons. The number of hydrogen-bond donors (Lipinski definition) is 0. The maximum Gasteiger partial charge on any atom is 0.363 e. The Labute approximate surface area is 134 Å². The van der Waals surface area contributed by atoms with Crippen LogP contribution in [0.2, 0.25) is 0 Å². The molecule has 0 amide bonds. The zero-order valence-electron chi connectivity index (χ0n) is 10.7. The van der Waals surface area contributed by atoms with Gasteiger partial charge in [-0.3, -0.25) is 0 Å². The third-order valence-corrected chi connectivity index (χ3v) is 3.90. The van der Waals surface area contributed by atoms with Crippen molar-refractivity contribution in [3.63, 3.8) is 0 Å². The van der Waals surface area contributed by atoms with Gasteiger partial charge >= 0.3 is 5.97 Å². The Morgan fingerprint density at radius 1 is 1.10 bits per heavy atom. The minimum Gasteiger partial charge on any atom is -0.402 e. The number of carbonyl (C=O) groups is 1. The van der Waals surface area contributed by atoms with Crippen LogP contribution in [0.4, 0.5) is 4.39 Å². The lowest BCUT2D eigenvalue weighted by Crippen LogP contribution is -2.07. The van der Waals surface area contributed by atoms with Crippen LogP contribution < -0.4 is 0 Å². The number of rotatable bonds is 2. The highest BCUT2D eigenvalue weighted by atomic mass is 127. The zero-order valence-corrected chi connectivity index (χ0v) is 12.9. The highest BCUT2D eigenvalue weighted by Crippen LogP contribution is 2.22. The van der Waals surface area contributed by atoms with Gasteiger partial charge in [0.25, 0.3) is 0 Å².